The lowest BCUT2D eigenvalue weighted by Crippen LogP contribution is -2.21. The maximum absolute atomic E-state index is 10.3. The van der Waals surface area contributed by atoms with E-state index in [1.807, 2.05) is 0 Å². The average Bonchev–Trinajstić information content (AvgIpc) is 1.87. The first-order valence-electron chi connectivity index (χ1n) is 2.85. The zero-order valence-electron chi connectivity index (χ0n) is 6.23. The topological polar surface area (TPSA) is 55.8 Å². The standard InChI is InChI=1S/C5H12O4S/c1-4(8-3)9-5(2)10(6)7/h4-5H,1-3H3,(H,6,7). The van der Waals surface area contributed by atoms with Crippen molar-refractivity contribution in [1.82, 2.24) is 0 Å². The van der Waals surface area contributed by atoms with Crippen molar-refractivity contribution in [3.8, 4) is 0 Å². The summed E-state index contributed by atoms with van der Waals surface area (Å²) in [5.74, 6) is 0. The number of rotatable bonds is 4. The normalized spacial score (nSPS) is 20.0. The third-order valence-electron chi connectivity index (χ3n) is 0.999. The van der Waals surface area contributed by atoms with Crippen LogP contribution in [0.2, 0.25) is 0 Å². The van der Waals surface area contributed by atoms with Crippen LogP contribution in [-0.4, -0.2) is 27.6 Å². The Kier molecular flexibility index (Phi) is 4.80. The Bertz CT molecular complexity index is 116. The van der Waals surface area contributed by atoms with Crippen LogP contribution in [-0.2, 0) is 20.6 Å². The molecule has 0 spiro atoms. The second kappa shape index (κ2) is 4.79. The van der Waals surface area contributed by atoms with Crippen molar-refractivity contribution in [2.75, 3.05) is 7.11 Å². The molecule has 1 N–H and O–H groups in total. The fraction of sp³-hybridized carbons (Fsp3) is 1.00. The van der Waals surface area contributed by atoms with E-state index in [-0.39, 0.29) is 0 Å². The highest BCUT2D eigenvalue weighted by molar-refractivity contribution is 7.79. The predicted molar refractivity (Wildman–Crippen MR) is 37.8 cm³/mol. The molecule has 0 radical (unpaired) electrons. The predicted octanol–water partition coefficient (Wildman–Crippen LogP) is 0.563. The van der Waals surface area contributed by atoms with Crippen LogP contribution < -0.4 is 0 Å². The summed E-state index contributed by atoms with van der Waals surface area (Å²) in [6.45, 7) is 3.16. The van der Waals surface area contributed by atoms with E-state index in [1.165, 1.54) is 14.0 Å². The minimum absolute atomic E-state index is 0.439. The van der Waals surface area contributed by atoms with E-state index in [4.69, 9.17) is 14.0 Å². The van der Waals surface area contributed by atoms with Crippen LogP contribution in [0.5, 0.6) is 0 Å². The van der Waals surface area contributed by atoms with E-state index in [0.717, 1.165) is 0 Å². The highest BCUT2D eigenvalue weighted by Gasteiger charge is 2.11. The third-order valence-corrected chi connectivity index (χ3v) is 1.68. The van der Waals surface area contributed by atoms with Gasteiger partial charge < -0.3 is 14.0 Å². The first-order chi connectivity index (χ1) is 4.57. The summed E-state index contributed by atoms with van der Waals surface area (Å²) in [6.07, 6.45) is -0.439. The number of ether oxygens (including phenoxy) is 2. The third kappa shape index (κ3) is 3.94. The Morgan fingerprint density at radius 1 is 1.50 bits per heavy atom. The average molecular weight is 168 g/mol. The molecular formula is C5H12O4S. The van der Waals surface area contributed by atoms with Crippen molar-refractivity contribution < 1.29 is 18.2 Å². The van der Waals surface area contributed by atoms with Gasteiger partial charge in [-0.3, -0.25) is 0 Å². The molecule has 0 aliphatic heterocycles. The summed E-state index contributed by atoms with van der Waals surface area (Å²) in [4.78, 5) is 0. The molecule has 0 amide bonds. The minimum Gasteiger partial charge on any atom is -0.356 e. The maximum atomic E-state index is 10.3. The summed E-state index contributed by atoms with van der Waals surface area (Å²) in [6, 6.07) is 0. The molecule has 0 bridgehead atoms. The van der Waals surface area contributed by atoms with Gasteiger partial charge in [0.1, 0.15) is 0 Å². The van der Waals surface area contributed by atoms with Crippen molar-refractivity contribution in [2.24, 2.45) is 0 Å². The molecule has 0 aliphatic rings. The van der Waals surface area contributed by atoms with Gasteiger partial charge in [0.2, 0.25) is 0 Å². The number of hydrogen-bond acceptors (Lipinski definition) is 3. The lowest BCUT2D eigenvalue weighted by atomic mass is 10.7. The van der Waals surface area contributed by atoms with E-state index in [2.05, 4.69) is 0 Å². The smallest absolute Gasteiger partial charge is 0.182 e. The second-order valence-corrected chi connectivity index (χ2v) is 3.00. The molecule has 0 heterocycles. The summed E-state index contributed by atoms with van der Waals surface area (Å²) in [5.41, 5.74) is -0.699. The van der Waals surface area contributed by atoms with Gasteiger partial charge in [-0.25, -0.2) is 4.21 Å². The van der Waals surface area contributed by atoms with Gasteiger partial charge in [-0.2, -0.15) is 0 Å². The summed E-state index contributed by atoms with van der Waals surface area (Å²) < 4.78 is 28.3. The van der Waals surface area contributed by atoms with Gasteiger partial charge in [0.25, 0.3) is 0 Å². The van der Waals surface area contributed by atoms with Crippen molar-refractivity contribution in [1.29, 1.82) is 0 Å². The van der Waals surface area contributed by atoms with Gasteiger partial charge in [0.15, 0.2) is 22.8 Å². The Morgan fingerprint density at radius 2 is 2.00 bits per heavy atom. The number of hydrogen-bond donors (Lipinski definition) is 1. The summed E-state index contributed by atoms with van der Waals surface area (Å²) in [7, 11) is 1.47. The quantitative estimate of drug-likeness (QED) is 0.492. The first-order valence-corrected chi connectivity index (χ1v) is 4.02. The van der Waals surface area contributed by atoms with Crippen LogP contribution >= 0.6 is 0 Å². The van der Waals surface area contributed by atoms with Gasteiger partial charge in [0, 0.05) is 7.11 Å². The molecule has 0 rings (SSSR count). The van der Waals surface area contributed by atoms with E-state index in [1.54, 1.807) is 6.92 Å². The Morgan fingerprint density at radius 3 is 2.30 bits per heavy atom. The van der Waals surface area contributed by atoms with Gasteiger partial charge in [-0.05, 0) is 13.8 Å². The van der Waals surface area contributed by atoms with Crippen LogP contribution in [0, 0.1) is 0 Å². The molecule has 3 atom stereocenters. The van der Waals surface area contributed by atoms with Gasteiger partial charge in [-0.1, -0.05) is 0 Å². The molecule has 5 heteroatoms. The van der Waals surface area contributed by atoms with Crippen LogP contribution in [0.3, 0.4) is 0 Å². The van der Waals surface area contributed by atoms with Gasteiger partial charge in [-0.15, -0.1) is 0 Å². The van der Waals surface area contributed by atoms with Crippen molar-refractivity contribution in [3.05, 3.63) is 0 Å². The van der Waals surface area contributed by atoms with E-state index in [9.17, 15) is 4.21 Å². The minimum atomic E-state index is -1.93. The Balaban J connectivity index is 3.56. The molecule has 0 aromatic heterocycles. The molecule has 0 aromatic rings. The van der Waals surface area contributed by atoms with Crippen LogP contribution in [0.15, 0.2) is 0 Å². The van der Waals surface area contributed by atoms with Crippen LogP contribution in [0.4, 0.5) is 0 Å². The molecule has 0 aliphatic carbocycles. The van der Waals surface area contributed by atoms with Crippen LogP contribution in [0.1, 0.15) is 13.8 Å². The van der Waals surface area contributed by atoms with Crippen molar-refractivity contribution in [2.45, 2.75) is 25.6 Å². The molecule has 0 saturated heterocycles. The first kappa shape index (κ1) is 10.0. The molecule has 0 saturated carbocycles. The Hall–Kier alpha value is 0.0300. The highest BCUT2D eigenvalue weighted by Crippen LogP contribution is 2.00. The van der Waals surface area contributed by atoms with E-state index < -0.39 is 22.8 Å². The van der Waals surface area contributed by atoms with E-state index >= 15 is 0 Å². The summed E-state index contributed by atoms with van der Waals surface area (Å²) in [5, 5.41) is 0. The highest BCUT2D eigenvalue weighted by atomic mass is 32.2. The fourth-order valence-electron chi connectivity index (χ4n) is 0.373. The van der Waals surface area contributed by atoms with Crippen molar-refractivity contribution >= 4 is 11.1 Å². The molecule has 4 nitrogen and oxygen atoms in total. The van der Waals surface area contributed by atoms with Crippen molar-refractivity contribution in [3.63, 3.8) is 0 Å². The zero-order valence-corrected chi connectivity index (χ0v) is 7.05. The molecule has 0 fully saturated rings. The monoisotopic (exact) mass is 168 g/mol. The van der Waals surface area contributed by atoms with Gasteiger partial charge in [0.05, 0.1) is 0 Å². The largest absolute Gasteiger partial charge is 0.356 e. The molecule has 62 valence electrons. The lowest BCUT2D eigenvalue weighted by Gasteiger charge is -2.14. The summed E-state index contributed by atoms with van der Waals surface area (Å²) >= 11 is -1.93. The van der Waals surface area contributed by atoms with Gasteiger partial charge >= 0.3 is 0 Å². The maximum Gasteiger partial charge on any atom is 0.182 e. The number of methoxy groups -OCH3 is 1. The molecule has 10 heavy (non-hydrogen) atoms. The lowest BCUT2D eigenvalue weighted by molar-refractivity contribution is -0.118. The molecular weight excluding hydrogens is 156 g/mol. The molecule has 0 aromatic carbocycles. The van der Waals surface area contributed by atoms with E-state index in [0.29, 0.717) is 0 Å². The fourth-order valence-corrected chi connectivity index (χ4v) is 0.624. The zero-order chi connectivity index (χ0) is 8.15. The molecule has 3 unspecified atom stereocenters. The Labute approximate surface area is 62.8 Å². The van der Waals surface area contributed by atoms with Crippen LogP contribution in [0.25, 0.3) is 0 Å². The second-order valence-electron chi connectivity index (χ2n) is 1.78. The SMILES string of the molecule is COC(C)OC(C)S(=O)O.